The Morgan fingerprint density at radius 3 is 2.55 bits per heavy atom. The van der Waals surface area contributed by atoms with Crippen LogP contribution in [0.1, 0.15) is 58.8 Å². The van der Waals surface area contributed by atoms with Crippen LogP contribution in [0.4, 0.5) is 0 Å². The van der Waals surface area contributed by atoms with E-state index in [0.29, 0.717) is 17.3 Å². The average molecular weight is 280 g/mol. The highest BCUT2D eigenvalue weighted by Gasteiger charge is 2.33. The molecule has 0 aromatic rings. The molecule has 20 heavy (non-hydrogen) atoms. The minimum absolute atomic E-state index is 0.281. The second-order valence-corrected chi connectivity index (χ2v) is 7.69. The molecule has 0 bridgehead atoms. The molecule has 116 valence electrons. The molecule has 1 saturated carbocycles. The van der Waals surface area contributed by atoms with Gasteiger partial charge >= 0.3 is 0 Å². The summed E-state index contributed by atoms with van der Waals surface area (Å²) in [5, 5.41) is 3.19. The first kappa shape index (κ1) is 15.8. The van der Waals surface area contributed by atoms with Crippen LogP contribution in [0, 0.1) is 17.3 Å². The van der Waals surface area contributed by atoms with Gasteiger partial charge in [-0.3, -0.25) is 4.79 Å². The lowest BCUT2D eigenvalue weighted by Gasteiger charge is -2.38. The summed E-state index contributed by atoms with van der Waals surface area (Å²) in [7, 11) is 2.18. The maximum absolute atomic E-state index is 12.2. The van der Waals surface area contributed by atoms with Crippen molar-refractivity contribution in [2.45, 2.75) is 58.8 Å². The Kier molecular flexibility index (Phi) is 5.48. The van der Waals surface area contributed by atoms with E-state index in [2.05, 4.69) is 31.1 Å². The minimum Gasteiger partial charge on any atom is -0.356 e. The Bertz CT molecular complexity index is 319. The van der Waals surface area contributed by atoms with Crippen LogP contribution >= 0.6 is 0 Å². The van der Waals surface area contributed by atoms with Gasteiger partial charge in [0.05, 0.1) is 0 Å². The molecule has 0 radical (unpaired) electrons. The second-order valence-electron chi connectivity index (χ2n) is 7.69. The Morgan fingerprint density at radius 1 is 1.20 bits per heavy atom. The normalized spacial score (nSPS) is 28.2. The van der Waals surface area contributed by atoms with Crippen LogP contribution in [0.15, 0.2) is 0 Å². The van der Waals surface area contributed by atoms with Gasteiger partial charge in [-0.15, -0.1) is 0 Å². The van der Waals surface area contributed by atoms with Gasteiger partial charge in [-0.1, -0.05) is 26.7 Å². The third kappa shape index (κ3) is 4.47. The van der Waals surface area contributed by atoms with Crippen LogP contribution < -0.4 is 5.32 Å². The summed E-state index contributed by atoms with van der Waals surface area (Å²) in [6, 6.07) is 0. The van der Waals surface area contributed by atoms with E-state index in [-0.39, 0.29) is 5.91 Å². The fourth-order valence-corrected chi connectivity index (χ4v) is 3.76. The third-order valence-corrected chi connectivity index (χ3v) is 5.59. The molecule has 1 amide bonds. The van der Waals surface area contributed by atoms with Gasteiger partial charge in [-0.2, -0.15) is 0 Å². The van der Waals surface area contributed by atoms with Crippen LogP contribution in [0.25, 0.3) is 0 Å². The molecule has 1 aliphatic heterocycles. The lowest BCUT2D eigenvalue weighted by atomic mass is 9.67. The fourth-order valence-electron chi connectivity index (χ4n) is 3.76. The zero-order valence-electron chi connectivity index (χ0n) is 13.6. The predicted octanol–water partition coefficient (Wildman–Crippen LogP) is 3.05. The average Bonchev–Trinajstić information content (AvgIpc) is 2.40. The highest BCUT2D eigenvalue weighted by molar-refractivity contribution is 5.76. The van der Waals surface area contributed by atoms with Crippen LogP contribution in [-0.4, -0.2) is 37.5 Å². The standard InChI is InChI=1S/C17H32N2O/c1-17(2)9-5-4-6-15(17)12-16(20)18-13-14-7-10-19(3)11-8-14/h14-15H,4-13H2,1-3H3,(H,18,20)/t15-/m1/s1. The highest BCUT2D eigenvalue weighted by atomic mass is 16.1. The van der Waals surface area contributed by atoms with Crippen LogP contribution in [0.2, 0.25) is 0 Å². The first-order chi connectivity index (χ1) is 9.47. The van der Waals surface area contributed by atoms with Crippen molar-refractivity contribution in [1.82, 2.24) is 10.2 Å². The van der Waals surface area contributed by atoms with E-state index in [0.717, 1.165) is 13.0 Å². The molecular formula is C17H32N2O. The van der Waals surface area contributed by atoms with E-state index in [9.17, 15) is 4.79 Å². The molecule has 3 heteroatoms. The van der Waals surface area contributed by atoms with Crippen molar-refractivity contribution in [2.75, 3.05) is 26.7 Å². The van der Waals surface area contributed by atoms with Crippen molar-refractivity contribution in [3.63, 3.8) is 0 Å². The number of nitrogens with one attached hydrogen (secondary N) is 1. The number of nitrogens with zero attached hydrogens (tertiary/aromatic N) is 1. The van der Waals surface area contributed by atoms with Crippen molar-refractivity contribution < 1.29 is 4.79 Å². The number of carbonyl (C=O) groups excluding carboxylic acids is 1. The van der Waals surface area contributed by atoms with Gasteiger partial charge in [-0.05, 0) is 63.1 Å². The van der Waals surface area contributed by atoms with E-state index >= 15 is 0 Å². The van der Waals surface area contributed by atoms with E-state index in [1.165, 1.54) is 51.6 Å². The number of hydrogen-bond acceptors (Lipinski definition) is 2. The zero-order chi connectivity index (χ0) is 14.6. The third-order valence-electron chi connectivity index (χ3n) is 5.59. The van der Waals surface area contributed by atoms with Gasteiger partial charge in [0, 0.05) is 13.0 Å². The van der Waals surface area contributed by atoms with Crippen molar-refractivity contribution in [2.24, 2.45) is 17.3 Å². The quantitative estimate of drug-likeness (QED) is 0.858. The summed E-state index contributed by atoms with van der Waals surface area (Å²) in [5.74, 6) is 1.55. The maximum atomic E-state index is 12.2. The molecule has 0 aromatic heterocycles. The molecule has 2 aliphatic rings. The first-order valence-electron chi connectivity index (χ1n) is 8.42. The zero-order valence-corrected chi connectivity index (χ0v) is 13.6. The van der Waals surface area contributed by atoms with Crippen molar-refractivity contribution in [3.8, 4) is 0 Å². The van der Waals surface area contributed by atoms with Gasteiger partial charge < -0.3 is 10.2 Å². The Labute approximate surface area is 124 Å². The van der Waals surface area contributed by atoms with Crippen LogP contribution in [0.5, 0.6) is 0 Å². The maximum Gasteiger partial charge on any atom is 0.220 e. The Morgan fingerprint density at radius 2 is 1.90 bits per heavy atom. The summed E-state index contributed by atoms with van der Waals surface area (Å²) >= 11 is 0. The first-order valence-corrected chi connectivity index (χ1v) is 8.42. The summed E-state index contributed by atoms with van der Waals surface area (Å²) in [4.78, 5) is 14.6. The Hall–Kier alpha value is -0.570. The number of piperidine rings is 1. The summed E-state index contributed by atoms with van der Waals surface area (Å²) < 4.78 is 0. The smallest absolute Gasteiger partial charge is 0.220 e. The summed E-state index contributed by atoms with van der Waals surface area (Å²) in [6.45, 7) is 7.91. The van der Waals surface area contributed by atoms with Crippen molar-refractivity contribution in [1.29, 1.82) is 0 Å². The number of amides is 1. The number of hydrogen-bond donors (Lipinski definition) is 1. The summed E-state index contributed by atoms with van der Waals surface area (Å²) in [6.07, 6.45) is 8.34. The van der Waals surface area contributed by atoms with Crippen molar-refractivity contribution >= 4 is 5.91 Å². The molecular weight excluding hydrogens is 248 g/mol. The SMILES string of the molecule is CN1CCC(CNC(=O)C[C@H]2CCCCC2(C)C)CC1. The molecule has 1 atom stereocenters. The van der Waals surface area contributed by atoms with Crippen LogP contribution in [-0.2, 0) is 4.79 Å². The Balaban J connectivity index is 1.70. The van der Waals surface area contributed by atoms with E-state index < -0.39 is 0 Å². The van der Waals surface area contributed by atoms with Crippen LogP contribution in [0.3, 0.4) is 0 Å². The second kappa shape index (κ2) is 6.93. The molecule has 2 rings (SSSR count). The lowest BCUT2D eigenvalue weighted by molar-refractivity contribution is -0.123. The molecule has 0 unspecified atom stereocenters. The largest absolute Gasteiger partial charge is 0.356 e. The molecule has 1 aliphatic carbocycles. The van der Waals surface area contributed by atoms with E-state index in [4.69, 9.17) is 0 Å². The molecule has 1 heterocycles. The lowest BCUT2D eigenvalue weighted by Crippen LogP contribution is -2.38. The highest BCUT2D eigenvalue weighted by Crippen LogP contribution is 2.42. The molecule has 0 aromatic carbocycles. The fraction of sp³-hybridized carbons (Fsp3) is 0.941. The van der Waals surface area contributed by atoms with Crippen molar-refractivity contribution in [3.05, 3.63) is 0 Å². The molecule has 0 spiro atoms. The van der Waals surface area contributed by atoms with Gasteiger partial charge in [0.15, 0.2) is 0 Å². The van der Waals surface area contributed by atoms with Gasteiger partial charge in [0.25, 0.3) is 0 Å². The number of carbonyl (C=O) groups is 1. The number of likely N-dealkylation sites (tertiary alicyclic amines) is 1. The van der Waals surface area contributed by atoms with Gasteiger partial charge in [-0.25, -0.2) is 0 Å². The molecule has 1 N–H and O–H groups in total. The number of rotatable bonds is 4. The topological polar surface area (TPSA) is 32.3 Å². The molecule has 2 fully saturated rings. The molecule has 3 nitrogen and oxygen atoms in total. The molecule has 1 saturated heterocycles. The van der Waals surface area contributed by atoms with E-state index in [1.54, 1.807) is 0 Å². The minimum atomic E-state index is 0.281. The van der Waals surface area contributed by atoms with Gasteiger partial charge in [0.1, 0.15) is 0 Å². The monoisotopic (exact) mass is 280 g/mol. The summed E-state index contributed by atoms with van der Waals surface area (Å²) in [5.41, 5.74) is 0.350. The predicted molar refractivity (Wildman–Crippen MR) is 83.6 cm³/mol. The van der Waals surface area contributed by atoms with Gasteiger partial charge in [0.2, 0.25) is 5.91 Å². The van der Waals surface area contributed by atoms with E-state index in [1.807, 2.05) is 0 Å².